The highest BCUT2D eigenvalue weighted by molar-refractivity contribution is 7.54. The number of carbonyl (C=O) groups is 2. The molecule has 0 heterocycles. The molecule has 0 aliphatic rings. The standard InChI is InChI=1S/C12H23O5P/c1-9(2)16-18(15,17-10(3)4)8-12(14)7-6-11(5)13/h9-10H,6-8H2,1-5H3. The van der Waals surface area contributed by atoms with Gasteiger partial charge in [-0.1, -0.05) is 0 Å². The van der Waals surface area contributed by atoms with Gasteiger partial charge in [0.2, 0.25) is 0 Å². The molecule has 0 amide bonds. The third-order valence-corrected chi connectivity index (χ3v) is 4.09. The molecular formula is C12H23O5P. The number of hydrogen-bond acceptors (Lipinski definition) is 5. The summed E-state index contributed by atoms with van der Waals surface area (Å²) in [5.41, 5.74) is 0. The van der Waals surface area contributed by atoms with Crippen LogP contribution in [0.4, 0.5) is 0 Å². The topological polar surface area (TPSA) is 69.7 Å². The number of carbonyl (C=O) groups excluding carboxylic acids is 2. The van der Waals surface area contributed by atoms with Gasteiger partial charge >= 0.3 is 7.60 Å². The first-order valence-electron chi connectivity index (χ1n) is 6.11. The quantitative estimate of drug-likeness (QED) is 0.606. The van der Waals surface area contributed by atoms with Crippen molar-refractivity contribution in [3.05, 3.63) is 0 Å². The molecule has 0 aromatic carbocycles. The van der Waals surface area contributed by atoms with Crippen LogP contribution >= 0.6 is 7.60 Å². The van der Waals surface area contributed by atoms with Crippen LogP contribution in [0.1, 0.15) is 47.5 Å². The lowest BCUT2D eigenvalue weighted by molar-refractivity contribution is -0.122. The summed E-state index contributed by atoms with van der Waals surface area (Å²) in [6.45, 7) is 8.35. The van der Waals surface area contributed by atoms with E-state index in [9.17, 15) is 14.2 Å². The largest absolute Gasteiger partial charge is 0.338 e. The Morgan fingerprint density at radius 2 is 1.44 bits per heavy atom. The van der Waals surface area contributed by atoms with Crippen molar-refractivity contribution in [3.8, 4) is 0 Å². The molecule has 0 radical (unpaired) electrons. The molecule has 0 fully saturated rings. The molecule has 0 bridgehead atoms. The zero-order valence-corrected chi connectivity index (χ0v) is 12.7. The smallest absolute Gasteiger partial charge is 0.306 e. The molecule has 6 heteroatoms. The lowest BCUT2D eigenvalue weighted by Crippen LogP contribution is -2.15. The molecule has 5 nitrogen and oxygen atoms in total. The average molecular weight is 278 g/mol. The van der Waals surface area contributed by atoms with E-state index in [2.05, 4.69) is 0 Å². The lowest BCUT2D eigenvalue weighted by atomic mass is 10.2. The van der Waals surface area contributed by atoms with Crippen molar-refractivity contribution >= 4 is 19.2 Å². The number of Topliss-reactive ketones (excluding diaryl/α,β-unsaturated/α-hetero) is 2. The Morgan fingerprint density at radius 3 is 1.78 bits per heavy atom. The highest BCUT2D eigenvalue weighted by atomic mass is 31.2. The van der Waals surface area contributed by atoms with Gasteiger partial charge in [0.1, 0.15) is 17.7 Å². The maximum Gasteiger partial charge on any atom is 0.338 e. The first kappa shape index (κ1) is 17.5. The van der Waals surface area contributed by atoms with E-state index in [1.807, 2.05) is 0 Å². The predicted octanol–water partition coefficient (Wildman–Crippen LogP) is 2.97. The summed E-state index contributed by atoms with van der Waals surface area (Å²) in [5, 5.41) is 0. The summed E-state index contributed by atoms with van der Waals surface area (Å²) >= 11 is 0. The van der Waals surface area contributed by atoms with E-state index in [1.165, 1.54) is 6.92 Å². The van der Waals surface area contributed by atoms with Gasteiger partial charge in [0.25, 0.3) is 0 Å². The Labute approximate surface area is 109 Å². The Bertz CT molecular complexity index is 321. The Balaban J connectivity index is 4.53. The second-order valence-corrected chi connectivity index (χ2v) is 6.78. The predicted molar refractivity (Wildman–Crippen MR) is 69.8 cm³/mol. The van der Waals surface area contributed by atoms with Crippen LogP contribution in [-0.4, -0.2) is 29.9 Å². The molecule has 0 aliphatic carbocycles. The van der Waals surface area contributed by atoms with E-state index in [1.54, 1.807) is 27.7 Å². The maximum absolute atomic E-state index is 12.3. The molecule has 0 saturated heterocycles. The Hall–Kier alpha value is -0.510. The molecule has 106 valence electrons. The zero-order valence-electron chi connectivity index (χ0n) is 11.8. The summed E-state index contributed by atoms with van der Waals surface area (Å²) in [5.74, 6) is -0.331. The van der Waals surface area contributed by atoms with E-state index in [4.69, 9.17) is 9.05 Å². The molecule has 0 atom stereocenters. The molecule has 0 spiro atoms. The van der Waals surface area contributed by atoms with Crippen LogP contribution in [-0.2, 0) is 23.2 Å². The van der Waals surface area contributed by atoms with Crippen LogP contribution in [0.25, 0.3) is 0 Å². The van der Waals surface area contributed by atoms with E-state index >= 15 is 0 Å². The molecule has 0 N–H and O–H groups in total. The fourth-order valence-electron chi connectivity index (χ4n) is 1.35. The first-order valence-corrected chi connectivity index (χ1v) is 7.84. The van der Waals surface area contributed by atoms with Crippen LogP contribution in [0.2, 0.25) is 0 Å². The van der Waals surface area contributed by atoms with Crippen LogP contribution in [0.3, 0.4) is 0 Å². The highest BCUT2D eigenvalue weighted by Crippen LogP contribution is 2.50. The van der Waals surface area contributed by atoms with Crippen molar-refractivity contribution in [2.24, 2.45) is 0 Å². The number of rotatable bonds is 9. The zero-order chi connectivity index (χ0) is 14.3. The van der Waals surface area contributed by atoms with Gasteiger partial charge in [-0.15, -0.1) is 0 Å². The summed E-state index contributed by atoms with van der Waals surface area (Å²) in [4.78, 5) is 22.4. The van der Waals surface area contributed by atoms with Gasteiger partial charge in [-0.25, -0.2) is 0 Å². The SMILES string of the molecule is CC(=O)CCC(=O)CP(=O)(OC(C)C)OC(C)C. The summed E-state index contributed by atoms with van der Waals surface area (Å²) in [6, 6.07) is 0. The van der Waals surface area contributed by atoms with Gasteiger partial charge < -0.3 is 13.8 Å². The van der Waals surface area contributed by atoms with Crippen molar-refractivity contribution < 1.29 is 23.2 Å². The third-order valence-electron chi connectivity index (χ3n) is 1.87. The fraction of sp³-hybridized carbons (Fsp3) is 0.833. The Kier molecular flexibility index (Phi) is 7.60. The lowest BCUT2D eigenvalue weighted by Gasteiger charge is -2.22. The van der Waals surface area contributed by atoms with E-state index < -0.39 is 7.60 Å². The number of hydrogen-bond donors (Lipinski definition) is 0. The number of ketones is 2. The minimum Gasteiger partial charge on any atom is -0.306 e. The van der Waals surface area contributed by atoms with Crippen LogP contribution in [0.15, 0.2) is 0 Å². The van der Waals surface area contributed by atoms with Crippen molar-refractivity contribution in [1.29, 1.82) is 0 Å². The van der Waals surface area contributed by atoms with Crippen LogP contribution in [0, 0.1) is 0 Å². The molecule has 0 rings (SSSR count). The molecule has 0 aliphatic heterocycles. The second kappa shape index (κ2) is 7.82. The monoisotopic (exact) mass is 278 g/mol. The molecular weight excluding hydrogens is 255 g/mol. The average Bonchev–Trinajstić information content (AvgIpc) is 2.10. The van der Waals surface area contributed by atoms with E-state index in [0.717, 1.165) is 0 Å². The molecule has 0 saturated carbocycles. The summed E-state index contributed by atoms with van der Waals surface area (Å²) in [6.07, 6.45) is -0.577. The molecule has 0 aromatic heterocycles. The Morgan fingerprint density at radius 1 is 1.00 bits per heavy atom. The van der Waals surface area contributed by atoms with Gasteiger partial charge in [-0.3, -0.25) is 9.36 Å². The first-order chi connectivity index (χ1) is 8.14. The van der Waals surface area contributed by atoms with Crippen LogP contribution in [0.5, 0.6) is 0 Å². The van der Waals surface area contributed by atoms with Gasteiger partial charge in [0.15, 0.2) is 0 Å². The highest BCUT2D eigenvalue weighted by Gasteiger charge is 2.30. The normalized spacial score (nSPS) is 12.2. The van der Waals surface area contributed by atoms with Crippen molar-refractivity contribution in [2.45, 2.75) is 59.7 Å². The van der Waals surface area contributed by atoms with Crippen molar-refractivity contribution in [1.82, 2.24) is 0 Å². The van der Waals surface area contributed by atoms with Gasteiger partial charge in [0.05, 0.1) is 12.2 Å². The minimum absolute atomic E-state index is 0.0623. The second-order valence-electron chi connectivity index (χ2n) is 4.82. The van der Waals surface area contributed by atoms with Crippen molar-refractivity contribution in [3.63, 3.8) is 0 Å². The van der Waals surface area contributed by atoms with Crippen LogP contribution < -0.4 is 0 Å². The van der Waals surface area contributed by atoms with E-state index in [0.29, 0.717) is 0 Å². The molecule has 18 heavy (non-hydrogen) atoms. The summed E-state index contributed by atoms with van der Waals surface area (Å²) < 4.78 is 22.8. The minimum atomic E-state index is -3.41. The third kappa shape index (κ3) is 8.56. The van der Waals surface area contributed by atoms with Gasteiger partial charge in [0, 0.05) is 12.8 Å². The molecule has 0 unspecified atom stereocenters. The maximum atomic E-state index is 12.3. The van der Waals surface area contributed by atoms with Gasteiger partial charge in [-0.05, 0) is 34.6 Å². The van der Waals surface area contributed by atoms with Gasteiger partial charge in [-0.2, -0.15) is 0 Å². The van der Waals surface area contributed by atoms with E-state index in [-0.39, 0.29) is 42.8 Å². The summed E-state index contributed by atoms with van der Waals surface area (Å²) in [7, 11) is -3.41. The fourth-order valence-corrected chi connectivity index (χ4v) is 3.43. The van der Waals surface area contributed by atoms with Crippen molar-refractivity contribution in [2.75, 3.05) is 6.16 Å². The molecule has 0 aromatic rings.